The van der Waals surface area contributed by atoms with Crippen molar-refractivity contribution in [2.75, 3.05) is 26.1 Å². The van der Waals surface area contributed by atoms with Gasteiger partial charge in [-0.05, 0) is 60.7 Å². The van der Waals surface area contributed by atoms with Crippen molar-refractivity contribution in [3.8, 4) is 28.8 Å². The molecule has 2 heterocycles. The number of nitrogens with one attached hydrogen (secondary N) is 1. The first-order chi connectivity index (χ1) is 21.8. The maximum atomic E-state index is 13.9. The van der Waals surface area contributed by atoms with Gasteiger partial charge >= 0.3 is 0 Å². The van der Waals surface area contributed by atoms with Crippen LogP contribution in [0.15, 0.2) is 104 Å². The Balaban J connectivity index is 1.34. The average Bonchev–Trinajstić information content (AvgIpc) is 3.47. The number of hydrogen-bond acceptors (Lipinski definition) is 8. The second kappa shape index (κ2) is 12.6. The molecule has 0 fully saturated rings. The van der Waals surface area contributed by atoms with Crippen molar-refractivity contribution >= 4 is 55.6 Å². The van der Waals surface area contributed by atoms with Crippen LogP contribution in [0.5, 0.6) is 17.2 Å². The van der Waals surface area contributed by atoms with E-state index in [1.165, 1.54) is 43.3 Å². The molecule has 0 aliphatic heterocycles. The highest BCUT2D eigenvalue weighted by Gasteiger charge is 2.19. The van der Waals surface area contributed by atoms with Gasteiger partial charge in [-0.1, -0.05) is 40.2 Å². The van der Waals surface area contributed by atoms with Gasteiger partial charge in [0.1, 0.15) is 11.4 Å². The molecule has 6 aromatic rings. The minimum Gasteiger partial charge on any atom is -0.493 e. The molecule has 0 saturated heterocycles. The zero-order chi connectivity index (χ0) is 31.5. The van der Waals surface area contributed by atoms with Gasteiger partial charge in [0.25, 0.3) is 11.5 Å². The maximum Gasteiger partial charge on any atom is 0.282 e. The Kier molecular flexibility index (Phi) is 8.30. The number of rotatable bonds is 9. The third kappa shape index (κ3) is 6.13. The Morgan fingerprint density at radius 2 is 1.76 bits per heavy atom. The van der Waals surface area contributed by atoms with Gasteiger partial charge in [0.2, 0.25) is 11.6 Å². The standard InChI is InChI=1S/C33H24BrFN4O6/c1-42-27-13-19(14-28(43-2)31(27)44-18-30(40)37-25-10-6-4-8-23(25)35)17-36-39-32(38-24-9-5-3-7-22(24)33(39)41)29-16-20-15-21(34)11-12-26(20)45-29/h3-17H,18H2,1-2H3,(H,37,40). The molecule has 0 aliphatic rings. The summed E-state index contributed by atoms with van der Waals surface area (Å²) in [6.45, 7) is -0.440. The van der Waals surface area contributed by atoms with Gasteiger partial charge in [0.05, 0.1) is 37.0 Å². The van der Waals surface area contributed by atoms with E-state index in [0.29, 0.717) is 27.8 Å². The number of aromatic nitrogens is 2. The maximum absolute atomic E-state index is 13.9. The number of para-hydroxylation sites is 2. The van der Waals surface area contributed by atoms with Crippen LogP contribution in [0.25, 0.3) is 33.5 Å². The van der Waals surface area contributed by atoms with Gasteiger partial charge in [-0.3, -0.25) is 9.59 Å². The number of amides is 1. The van der Waals surface area contributed by atoms with E-state index in [4.69, 9.17) is 23.6 Å². The molecule has 6 rings (SSSR count). The average molecular weight is 671 g/mol. The summed E-state index contributed by atoms with van der Waals surface area (Å²) in [5.74, 6) is 0.0470. The first-order valence-electron chi connectivity index (χ1n) is 13.5. The van der Waals surface area contributed by atoms with E-state index < -0.39 is 23.9 Å². The van der Waals surface area contributed by atoms with Crippen LogP contribution in [0.4, 0.5) is 10.1 Å². The molecule has 45 heavy (non-hydrogen) atoms. The van der Waals surface area contributed by atoms with Gasteiger partial charge in [-0.25, -0.2) is 9.37 Å². The zero-order valence-electron chi connectivity index (χ0n) is 23.9. The lowest BCUT2D eigenvalue weighted by Crippen LogP contribution is -2.21. The number of carbonyl (C=O) groups excluding carboxylic acids is 1. The first-order valence-corrected chi connectivity index (χ1v) is 14.3. The number of benzene rings is 4. The summed E-state index contributed by atoms with van der Waals surface area (Å²) in [5, 5.41) is 8.16. The van der Waals surface area contributed by atoms with Crippen LogP contribution in [-0.2, 0) is 4.79 Å². The molecule has 226 valence electrons. The summed E-state index contributed by atoms with van der Waals surface area (Å²) in [7, 11) is 2.86. The van der Waals surface area contributed by atoms with Crippen molar-refractivity contribution in [1.82, 2.24) is 9.66 Å². The Labute approximate surface area is 263 Å². The number of ether oxygens (including phenoxy) is 3. The number of carbonyl (C=O) groups is 1. The molecule has 0 aliphatic carbocycles. The van der Waals surface area contributed by atoms with Crippen LogP contribution in [0, 0.1) is 5.82 Å². The summed E-state index contributed by atoms with van der Waals surface area (Å²) in [6, 6.07) is 23.4. The topological polar surface area (TPSA) is 117 Å². The molecular weight excluding hydrogens is 647 g/mol. The highest BCUT2D eigenvalue weighted by molar-refractivity contribution is 9.10. The van der Waals surface area contributed by atoms with Crippen molar-refractivity contribution in [2.24, 2.45) is 5.10 Å². The van der Waals surface area contributed by atoms with E-state index in [1.807, 2.05) is 18.2 Å². The minimum absolute atomic E-state index is 0.0323. The van der Waals surface area contributed by atoms with Crippen molar-refractivity contribution in [3.63, 3.8) is 0 Å². The molecule has 0 bridgehead atoms. The first kappa shape index (κ1) is 29.6. The van der Waals surface area contributed by atoms with Crippen molar-refractivity contribution in [1.29, 1.82) is 0 Å². The number of anilines is 1. The van der Waals surface area contributed by atoms with Crippen molar-refractivity contribution < 1.29 is 27.8 Å². The lowest BCUT2D eigenvalue weighted by Gasteiger charge is -2.15. The number of nitrogens with zero attached hydrogens (tertiary/aromatic N) is 3. The largest absolute Gasteiger partial charge is 0.493 e. The lowest BCUT2D eigenvalue weighted by molar-refractivity contribution is -0.118. The normalized spacial score (nSPS) is 11.3. The molecular formula is C33H24BrFN4O6. The molecule has 12 heteroatoms. The van der Waals surface area contributed by atoms with Crippen molar-refractivity contribution in [2.45, 2.75) is 0 Å². The SMILES string of the molecule is COc1cc(C=Nn2c(-c3cc4cc(Br)ccc4o3)nc3ccccc3c2=O)cc(OC)c1OCC(=O)Nc1ccccc1F. The van der Waals surface area contributed by atoms with E-state index in [9.17, 15) is 14.0 Å². The van der Waals surface area contributed by atoms with E-state index >= 15 is 0 Å². The van der Waals surface area contributed by atoms with Crippen molar-refractivity contribution in [3.05, 3.63) is 111 Å². The smallest absolute Gasteiger partial charge is 0.282 e. The molecule has 0 spiro atoms. The molecule has 1 N–H and O–H groups in total. The molecule has 1 amide bonds. The van der Waals surface area contributed by atoms with E-state index in [0.717, 1.165) is 9.86 Å². The van der Waals surface area contributed by atoms with Crippen LogP contribution in [0.2, 0.25) is 0 Å². The van der Waals surface area contributed by atoms with Gasteiger partial charge in [0.15, 0.2) is 23.9 Å². The molecule has 0 saturated carbocycles. The Hall–Kier alpha value is -5.49. The summed E-state index contributed by atoms with van der Waals surface area (Å²) >= 11 is 3.47. The molecule has 10 nitrogen and oxygen atoms in total. The van der Waals surface area contributed by atoms with Gasteiger partial charge in [-0.15, -0.1) is 0 Å². The summed E-state index contributed by atoms with van der Waals surface area (Å²) in [5.41, 5.74) is 1.25. The van der Waals surface area contributed by atoms with Crippen LogP contribution in [-0.4, -0.2) is 42.6 Å². The molecule has 0 unspecified atom stereocenters. The fourth-order valence-electron chi connectivity index (χ4n) is 4.64. The second-order valence-corrected chi connectivity index (χ2v) is 10.6. The Morgan fingerprint density at radius 1 is 1.02 bits per heavy atom. The van der Waals surface area contributed by atoms with Crippen LogP contribution in [0.1, 0.15) is 5.56 Å². The number of furan rings is 1. The summed E-state index contributed by atoms with van der Waals surface area (Å²) < 4.78 is 38.8. The Bertz CT molecular complexity index is 2130. The highest BCUT2D eigenvalue weighted by Crippen LogP contribution is 2.38. The Morgan fingerprint density at radius 3 is 2.51 bits per heavy atom. The molecule has 0 radical (unpaired) electrons. The van der Waals surface area contributed by atoms with E-state index in [2.05, 4.69) is 26.3 Å². The summed E-state index contributed by atoms with van der Waals surface area (Å²) in [4.78, 5) is 30.8. The number of halogens is 2. The van der Waals surface area contributed by atoms with Gasteiger partial charge < -0.3 is 23.9 Å². The quantitative estimate of drug-likeness (QED) is 0.172. The third-order valence-corrected chi connectivity index (χ3v) is 7.25. The van der Waals surface area contributed by atoms with E-state index in [1.54, 1.807) is 48.5 Å². The minimum atomic E-state index is -0.580. The monoisotopic (exact) mass is 670 g/mol. The van der Waals surface area contributed by atoms with E-state index in [-0.39, 0.29) is 28.8 Å². The second-order valence-electron chi connectivity index (χ2n) is 9.68. The fourth-order valence-corrected chi connectivity index (χ4v) is 5.02. The molecule has 4 aromatic carbocycles. The van der Waals surface area contributed by atoms with Gasteiger partial charge in [0, 0.05) is 15.4 Å². The number of fused-ring (bicyclic) bond motifs is 2. The predicted octanol–water partition coefficient (Wildman–Crippen LogP) is 6.63. The number of methoxy groups -OCH3 is 2. The number of hydrogen-bond donors (Lipinski definition) is 1. The zero-order valence-corrected chi connectivity index (χ0v) is 25.5. The lowest BCUT2D eigenvalue weighted by atomic mass is 10.2. The molecule has 2 aromatic heterocycles. The van der Waals surface area contributed by atoms with Crippen LogP contribution < -0.4 is 25.1 Å². The van der Waals surface area contributed by atoms with Crippen LogP contribution >= 0.6 is 15.9 Å². The molecule has 0 atom stereocenters. The summed E-state index contributed by atoms with van der Waals surface area (Å²) in [6.07, 6.45) is 1.44. The predicted molar refractivity (Wildman–Crippen MR) is 172 cm³/mol. The fraction of sp³-hybridized carbons (Fsp3) is 0.0909. The van der Waals surface area contributed by atoms with Gasteiger partial charge in [-0.2, -0.15) is 9.78 Å². The third-order valence-electron chi connectivity index (χ3n) is 6.75. The van der Waals surface area contributed by atoms with Crippen LogP contribution in [0.3, 0.4) is 0 Å². The highest BCUT2D eigenvalue weighted by atomic mass is 79.9.